The van der Waals surface area contributed by atoms with E-state index in [1.54, 1.807) is 49.4 Å². The molecule has 0 unspecified atom stereocenters. The number of hydrogen-bond acceptors (Lipinski definition) is 4. The molecule has 0 aliphatic heterocycles. The van der Waals surface area contributed by atoms with Crippen LogP contribution in [0.3, 0.4) is 0 Å². The molecule has 0 saturated carbocycles. The van der Waals surface area contributed by atoms with Crippen LogP contribution in [-0.4, -0.2) is 15.9 Å². The molecule has 0 spiro atoms. The van der Waals surface area contributed by atoms with Crippen LogP contribution in [0.15, 0.2) is 57.8 Å². The molecule has 1 heterocycles. The summed E-state index contributed by atoms with van der Waals surface area (Å²) in [4.78, 5) is 31.3. The number of nitrogens with zero attached hydrogens (tertiary/aromatic N) is 1. The monoisotopic (exact) mass is 372 g/mol. The first-order valence-corrected chi connectivity index (χ1v) is 7.79. The zero-order chi connectivity index (χ0) is 16.4. The van der Waals surface area contributed by atoms with Crippen molar-refractivity contribution in [3.05, 3.63) is 74.7 Å². The molecule has 23 heavy (non-hydrogen) atoms. The van der Waals surface area contributed by atoms with Gasteiger partial charge in [-0.3, -0.25) is 4.79 Å². The third kappa shape index (κ3) is 3.32. The van der Waals surface area contributed by atoms with Crippen molar-refractivity contribution in [1.82, 2.24) is 9.97 Å². The van der Waals surface area contributed by atoms with Crippen molar-refractivity contribution in [2.45, 2.75) is 13.0 Å². The molecule has 0 amide bonds. The van der Waals surface area contributed by atoms with Gasteiger partial charge in [0.2, 0.25) is 0 Å². The number of H-pyrrole nitrogens is 1. The second-order valence-electron chi connectivity index (χ2n) is 5.03. The number of rotatable bonds is 3. The lowest BCUT2D eigenvalue weighted by Gasteiger charge is -2.13. The predicted octanol–water partition coefficient (Wildman–Crippen LogP) is 3.60. The normalized spacial score (nSPS) is 12.1. The highest BCUT2D eigenvalue weighted by atomic mass is 79.9. The summed E-state index contributed by atoms with van der Waals surface area (Å²) in [7, 11) is 0. The van der Waals surface area contributed by atoms with Crippen molar-refractivity contribution in [3.63, 3.8) is 0 Å². The number of carbonyl (C=O) groups excluding carboxylic acids is 1. The summed E-state index contributed by atoms with van der Waals surface area (Å²) in [5.41, 5.74) is 0.738. The van der Waals surface area contributed by atoms with Gasteiger partial charge in [-0.15, -0.1) is 0 Å². The van der Waals surface area contributed by atoms with Crippen molar-refractivity contribution < 1.29 is 9.53 Å². The van der Waals surface area contributed by atoms with Crippen LogP contribution in [0.4, 0.5) is 0 Å². The van der Waals surface area contributed by atoms with Crippen LogP contribution >= 0.6 is 15.9 Å². The summed E-state index contributed by atoms with van der Waals surface area (Å²) in [5.74, 6) is -0.161. The minimum Gasteiger partial charge on any atom is -0.451 e. The quantitative estimate of drug-likeness (QED) is 0.712. The average molecular weight is 373 g/mol. The fourth-order valence-corrected chi connectivity index (χ4v) is 2.60. The average Bonchev–Trinajstić information content (AvgIpc) is 2.54. The van der Waals surface area contributed by atoms with Crippen LogP contribution in [0.25, 0.3) is 10.9 Å². The smallest absolute Gasteiger partial charge is 0.338 e. The predicted molar refractivity (Wildman–Crippen MR) is 90.3 cm³/mol. The number of carbonyl (C=O) groups is 1. The zero-order valence-electron chi connectivity index (χ0n) is 12.2. The Bertz CT molecular complexity index is 936. The van der Waals surface area contributed by atoms with E-state index in [1.165, 1.54) is 0 Å². The van der Waals surface area contributed by atoms with E-state index < -0.39 is 12.1 Å². The minimum atomic E-state index is -0.668. The number of ether oxygens (including phenoxy) is 1. The van der Waals surface area contributed by atoms with E-state index in [1.807, 2.05) is 6.07 Å². The molecule has 0 bridgehead atoms. The second-order valence-corrected chi connectivity index (χ2v) is 5.94. The van der Waals surface area contributed by atoms with Gasteiger partial charge in [0.25, 0.3) is 5.56 Å². The highest BCUT2D eigenvalue weighted by Crippen LogP contribution is 2.18. The van der Waals surface area contributed by atoms with Crippen molar-refractivity contribution in [2.75, 3.05) is 0 Å². The number of halogens is 1. The molecule has 0 radical (unpaired) electrons. The van der Waals surface area contributed by atoms with Crippen LogP contribution in [0, 0.1) is 0 Å². The fourth-order valence-electron chi connectivity index (χ4n) is 2.20. The van der Waals surface area contributed by atoms with Gasteiger partial charge in [0.05, 0.1) is 16.5 Å². The van der Waals surface area contributed by atoms with Gasteiger partial charge in [-0.1, -0.05) is 34.1 Å². The van der Waals surface area contributed by atoms with Gasteiger partial charge >= 0.3 is 5.97 Å². The van der Waals surface area contributed by atoms with Crippen molar-refractivity contribution in [2.24, 2.45) is 0 Å². The first-order chi connectivity index (χ1) is 11.0. The molecular formula is C17H13BrN2O3. The molecule has 0 fully saturated rings. The van der Waals surface area contributed by atoms with Crippen LogP contribution in [0.5, 0.6) is 0 Å². The van der Waals surface area contributed by atoms with Crippen molar-refractivity contribution in [1.29, 1.82) is 0 Å². The minimum absolute atomic E-state index is 0.254. The number of benzene rings is 2. The molecule has 3 aromatic rings. The number of nitrogens with one attached hydrogen (secondary N) is 1. The summed E-state index contributed by atoms with van der Waals surface area (Å²) < 4.78 is 6.18. The largest absolute Gasteiger partial charge is 0.451 e. The van der Waals surface area contributed by atoms with E-state index in [4.69, 9.17) is 4.74 Å². The van der Waals surface area contributed by atoms with E-state index in [0.717, 1.165) is 4.47 Å². The molecule has 1 atom stereocenters. The summed E-state index contributed by atoms with van der Waals surface area (Å²) in [6.07, 6.45) is -0.668. The first kappa shape index (κ1) is 15.4. The molecule has 2 aromatic carbocycles. The number of para-hydroxylation sites is 1. The highest BCUT2D eigenvalue weighted by Gasteiger charge is 2.17. The molecule has 0 aliphatic rings. The summed E-state index contributed by atoms with van der Waals surface area (Å²) in [6.45, 7) is 1.67. The third-order valence-corrected chi connectivity index (χ3v) is 3.85. The maximum absolute atomic E-state index is 12.2. The topological polar surface area (TPSA) is 72.0 Å². The van der Waals surface area contributed by atoms with Crippen LogP contribution < -0.4 is 5.56 Å². The standard InChI is InChI=1S/C17H13BrN2O3/c1-10(23-17(22)11-5-4-6-12(18)9-11)15-19-14-8-3-2-7-13(14)16(21)20-15/h2-10H,1H3,(H,19,20,21)/t10-/m0/s1. The maximum atomic E-state index is 12.2. The van der Waals surface area contributed by atoms with E-state index >= 15 is 0 Å². The van der Waals surface area contributed by atoms with Gasteiger partial charge in [0.1, 0.15) is 0 Å². The van der Waals surface area contributed by atoms with E-state index in [2.05, 4.69) is 25.9 Å². The molecular weight excluding hydrogens is 360 g/mol. The lowest BCUT2D eigenvalue weighted by Crippen LogP contribution is -2.17. The molecule has 116 valence electrons. The number of aromatic nitrogens is 2. The molecule has 0 aliphatic carbocycles. The summed E-state index contributed by atoms with van der Waals surface area (Å²) in [6, 6.07) is 13.9. The Kier molecular flexibility index (Phi) is 4.25. The Hall–Kier alpha value is -2.47. The second kappa shape index (κ2) is 6.34. The van der Waals surface area contributed by atoms with E-state index in [0.29, 0.717) is 22.3 Å². The Morgan fingerprint density at radius 1 is 1.22 bits per heavy atom. The molecule has 6 heteroatoms. The lowest BCUT2D eigenvalue weighted by molar-refractivity contribution is 0.0320. The fraction of sp³-hybridized carbons (Fsp3) is 0.118. The Morgan fingerprint density at radius 3 is 2.78 bits per heavy atom. The highest BCUT2D eigenvalue weighted by molar-refractivity contribution is 9.10. The van der Waals surface area contributed by atoms with Crippen LogP contribution in [0.1, 0.15) is 29.2 Å². The number of hydrogen-bond donors (Lipinski definition) is 1. The molecule has 1 aromatic heterocycles. The molecule has 3 rings (SSSR count). The number of fused-ring (bicyclic) bond motifs is 1. The number of esters is 1. The molecule has 5 nitrogen and oxygen atoms in total. The molecule has 0 saturated heterocycles. The maximum Gasteiger partial charge on any atom is 0.338 e. The van der Waals surface area contributed by atoms with Gasteiger partial charge in [-0.05, 0) is 37.3 Å². The number of aromatic amines is 1. The van der Waals surface area contributed by atoms with Gasteiger partial charge in [-0.25, -0.2) is 9.78 Å². The van der Waals surface area contributed by atoms with E-state index in [9.17, 15) is 9.59 Å². The SMILES string of the molecule is C[C@H](OC(=O)c1cccc(Br)c1)c1nc2ccccc2c(=O)[nH]1. The van der Waals surface area contributed by atoms with Crippen LogP contribution in [-0.2, 0) is 4.74 Å². The molecule has 1 N–H and O–H groups in total. The van der Waals surface area contributed by atoms with Gasteiger partial charge in [0.15, 0.2) is 11.9 Å². The van der Waals surface area contributed by atoms with E-state index in [-0.39, 0.29) is 5.56 Å². The Balaban J connectivity index is 1.87. The van der Waals surface area contributed by atoms with Crippen LogP contribution in [0.2, 0.25) is 0 Å². The third-order valence-electron chi connectivity index (χ3n) is 3.36. The van der Waals surface area contributed by atoms with Crippen molar-refractivity contribution >= 4 is 32.8 Å². The first-order valence-electron chi connectivity index (χ1n) is 7.00. The van der Waals surface area contributed by atoms with Crippen molar-refractivity contribution in [3.8, 4) is 0 Å². The Morgan fingerprint density at radius 2 is 2.00 bits per heavy atom. The summed E-state index contributed by atoms with van der Waals surface area (Å²) >= 11 is 3.31. The summed E-state index contributed by atoms with van der Waals surface area (Å²) in [5, 5.41) is 0.502. The lowest BCUT2D eigenvalue weighted by atomic mass is 10.2. The van der Waals surface area contributed by atoms with Gasteiger partial charge in [-0.2, -0.15) is 0 Å². The van der Waals surface area contributed by atoms with Gasteiger partial charge in [0, 0.05) is 4.47 Å². The van der Waals surface area contributed by atoms with Gasteiger partial charge < -0.3 is 9.72 Å². The Labute approximate surface area is 140 Å². The zero-order valence-corrected chi connectivity index (χ0v) is 13.8.